The van der Waals surface area contributed by atoms with E-state index in [2.05, 4.69) is 15.4 Å². The van der Waals surface area contributed by atoms with Crippen LogP contribution in [0, 0.1) is 0 Å². The number of carbonyl (C=O) groups is 3. The number of rotatable bonds is 9. The van der Waals surface area contributed by atoms with Crippen LogP contribution in [0.4, 0.5) is 4.79 Å². The van der Waals surface area contributed by atoms with Crippen molar-refractivity contribution in [2.24, 2.45) is 0 Å². The van der Waals surface area contributed by atoms with Crippen LogP contribution in [0.25, 0.3) is 0 Å². The summed E-state index contributed by atoms with van der Waals surface area (Å²) in [6.45, 7) is 1.57. The number of carbonyl (C=O) groups excluding carboxylic acids is 3. The van der Waals surface area contributed by atoms with Gasteiger partial charge >= 0.3 is 18.0 Å². The number of benzene rings is 1. The highest BCUT2D eigenvalue weighted by Crippen LogP contribution is 2.35. The fourth-order valence-electron chi connectivity index (χ4n) is 3.49. The van der Waals surface area contributed by atoms with Crippen LogP contribution < -0.4 is 15.4 Å². The highest BCUT2D eigenvalue weighted by molar-refractivity contribution is 5.84. The molecule has 0 aliphatic carbocycles. The average Bonchev–Trinajstić information content (AvgIpc) is 2.80. The van der Waals surface area contributed by atoms with Gasteiger partial charge in [-0.3, -0.25) is 4.79 Å². The van der Waals surface area contributed by atoms with E-state index >= 15 is 0 Å². The molecule has 0 bridgehead atoms. The van der Waals surface area contributed by atoms with E-state index in [0.717, 1.165) is 24.2 Å². The zero-order chi connectivity index (χ0) is 22.0. The molecule has 166 valence electrons. The fourth-order valence-corrected chi connectivity index (χ4v) is 3.49. The second-order valence-corrected chi connectivity index (χ2v) is 7.14. The fraction of sp³-hybridized carbons (Fsp3) is 0.571. The minimum atomic E-state index is -0.944. The van der Waals surface area contributed by atoms with Gasteiger partial charge in [-0.05, 0) is 37.0 Å². The molecule has 1 aromatic rings. The smallest absolute Gasteiger partial charge is 0.328 e. The molecule has 1 atom stereocenters. The Labute approximate surface area is 176 Å². The Balaban J connectivity index is 2.03. The summed E-state index contributed by atoms with van der Waals surface area (Å²) in [5.41, 5.74) is 0.802. The lowest BCUT2D eigenvalue weighted by Gasteiger charge is -2.38. The van der Waals surface area contributed by atoms with Crippen molar-refractivity contribution in [3.05, 3.63) is 29.8 Å². The molecule has 0 radical (unpaired) electrons. The van der Waals surface area contributed by atoms with Crippen LogP contribution in [0.15, 0.2) is 24.3 Å². The molecule has 0 spiro atoms. The van der Waals surface area contributed by atoms with E-state index in [0.29, 0.717) is 19.8 Å². The Kier molecular flexibility index (Phi) is 8.91. The van der Waals surface area contributed by atoms with Crippen LogP contribution in [0.3, 0.4) is 0 Å². The highest BCUT2D eigenvalue weighted by atomic mass is 16.5. The summed E-state index contributed by atoms with van der Waals surface area (Å²) >= 11 is 0. The number of methoxy groups -OCH3 is 3. The van der Waals surface area contributed by atoms with Gasteiger partial charge in [0.2, 0.25) is 0 Å². The molecular formula is C21H30N2O7. The van der Waals surface area contributed by atoms with E-state index in [1.807, 2.05) is 24.3 Å². The third-order valence-corrected chi connectivity index (χ3v) is 5.40. The van der Waals surface area contributed by atoms with Crippen molar-refractivity contribution in [1.29, 1.82) is 0 Å². The molecule has 0 aromatic heterocycles. The van der Waals surface area contributed by atoms with Crippen molar-refractivity contribution in [1.82, 2.24) is 10.6 Å². The molecule has 30 heavy (non-hydrogen) atoms. The summed E-state index contributed by atoms with van der Waals surface area (Å²) in [5, 5.41) is 5.46. The van der Waals surface area contributed by atoms with Gasteiger partial charge in [0.1, 0.15) is 11.8 Å². The second-order valence-electron chi connectivity index (χ2n) is 7.14. The van der Waals surface area contributed by atoms with Crippen LogP contribution in [0.1, 0.15) is 31.2 Å². The highest BCUT2D eigenvalue weighted by Gasteiger charge is 2.35. The lowest BCUT2D eigenvalue weighted by atomic mass is 9.74. The number of nitrogens with one attached hydrogen (secondary N) is 2. The maximum Gasteiger partial charge on any atom is 0.328 e. The molecule has 9 nitrogen and oxygen atoms in total. The van der Waals surface area contributed by atoms with Gasteiger partial charge in [0.25, 0.3) is 0 Å². The molecular weight excluding hydrogens is 392 g/mol. The summed E-state index contributed by atoms with van der Waals surface area (Å²) < 4.78 is 20.1. The quantitative estimate of drug-likeness (QED) is 0.581. The Bertz CT molecular complexity index is 715. The largest absolute Gasteiger partial charge is 0.497 e. The first-order valence-corrected chi connectivity index (χ1v) is 9.85. The minimum Gasteiger partial charge on any atom is -0.497 e. The van der Waals surface area contributed by atoms with E-state index in [-0.39, 0.29) is 18.3 Å². The maximum absolute atomic E-state index is 12.5. The summed E-state index contributed by atoms with van der Waals surface area (Å²) in [5.74, 6) is -0.324. The molecule has 0 saturated carbocycles. The molecule has 1 aromatic carbocycles. The van der Waals surface area contributed by atoms with Crippen molar-refractivity contribution in [2.45, 2.75) is 37.1 Å². The maximum atomic E-state index is 12.5. The SMILES string of the molecule is COC(=O)CC[C@H](NC(=O)NCC1(c2ccc(OC)cc2)CCOCC1)C(=O)OC. The van der Waals surface area contributed by atoms with Crippen molar-refractivity contribution >= 4 is 18.0 Å². The molecule has 0 unspecified atom stereocenters. The van der Waals surface area contributed by atoms with E-state index in [1.54, 1.807) is 7.11 Å². The van der Waals surface area contributed by atoms with Gasteiger partial charge < -0.3 is 29.6 Å². The zero-order valence-electron chi connectivity index (χ0n) is 17.7. The monoisotopic (exact) mass is 422 g/mol. The third-order valence-electron chi connectivity index (χ3n) is 5.40. The molecule has 9 heteroatoms. The Hall–Kier alpha value is -2.81. The molecule has 1 saturated heterocycles. The van der Waals surface area contributed by atoms with Gasteiger partial charge in [-0.25, -0.2) is 9.59 Å². The van der Waals surface area contributed by atoms with E-state index in [4.69, 9.17) is 14.2 Å². The summed E-state index contributed by atoms with van der Waals surface area (Å²) in [4.78, 5) is 35.8. The first-order valence-electron chi connectivity index (χ1n) is 9.85. The third kappa shape index (κ3) is 6.35. The van der Waals surface area contributed by atoms with Crippen molar-refractivity contribution in [3.63, 3.8) is 0 Å². The Morgan fingerprint density at radius 2 is 1.73 bits per heavy atom. The van der Waals surface area contributed by atoms with E-state index in [1.165, 1.54) is 14.2 Å². The Morgan fingerprint density at radius 3 is 2.30 bits per heavy atom. The lowest BCUT2D eigenvalue weighted by molar-refractivity contribution is -0.144. The first kappa shape index (κ1) is 23.5. The lowest BCUT2D eigenvalue weighted by Crippen LogP contribution is -2.51. The second kappa shape index (κ2) is 11.4. The van der Waals surface area contributed by atoms with Crippen LogP contribution in [0.5, 0.6) is 5.75 Å². The van der Waals surface area contributed by atoms with Gasteiger partial charge in [-0.2, -0.15) is 0 Å². The molecule has 1 fully saturated rings. The number of esters is 2. The van der Waals surface area contributed by atoms with Crippen LogP contribution >= 0.6 is 0 Å². The molecule has 1 aliphatic rings. The zero-order valence-corrected chi connectivity index (χ0v) is 17.7. The van der Waals surface area contributed by atoms with Crippen LogP contribution in [-0.4, -0.2) is 65.1 Å². The standard InChI is InChI=1S/C21H30N2O7/c1-27-16-6-4-15(5-7-16)21(10-12-30-13-11-21)14-22-20(26)23-17(19(25)29-3)8-9-18(24)28-2/h4-7,17H,8-14H2,1-3H3,(H2,22,23,26)/t17-/m0/s1. The normalized spacial score (nSPS) is 16.1. The van der Waals surface area contributed by atoms with Gasteiger partial charge in [0.15, 0.2) is 0 Å². The van der Waals surface area contributed by atoms with Gasteiger partial charge in [0, 0.05) is 31.6 Å². The number of urea groups is 1. The average molecular weight is 422 g/mol. The molecule has 1 aliphatic heterocycles. The summed E-state index contributed by atoms with van der Waals surface area (Å²) in [6, 6.07) is 6.34. The van der Waals surface area contributed by atoms with Crippen LogP contribution in [-0.2, 0) is 29.2 Å². The topological polar surface area (TPSA) is 112 Å². The van der Waals surface area contributed by atoms with Crippen molar-refractivity contribution < 1.29 is 33.3 Å². The molecule has 2 N–H and O–H groups in total. The molecule has 2 amide bonds. The molecule has 2 rings (SSSR count). The number of ether oxygens (including phenoxy) is 4. The summed E-state index contributed by atoms with van der Waals surface area (Å²) in [6.07, 6.45) is 1.58. The van der Waals surface area contributed by atoms with Crippen molar-refractivity contribution in [2.75, 3.05) is 41.1 Å². The Morgan fingerprint density at radius 1 is 1.07 bits per heavy atom. The van der Waals surface area contributed by atoms with Gasteiger partial charge in [-0.15, -0.1) is 0 Å². The van der Waals surface area contributed by atoms with E-state index in [9.17, 15) is 14.4 Å². The molecule has 1 heterocycles. The first-order chi connectivity index (χ1) is 14.4. The van der Waals surface area contributed by atoms with Gasteiger partial charge in [0.05, 0.1) is 21.3 Å². The van der Waals surface area contributed by atoms with Crippen LogP contribution in [0.2, 0.25) is 0 Å². The number of amides is 2. The van der Waals surface area contributed by atoms with Crippen molar-refractivity contribution in [3.8, 4) is 5.75 Å². The van der Waals surface area contributed by atoms with E-state index < -0.39 is 24.0 Å². The summed E-state index contributed by atoms with van der Waals surface area (Å²) in [7, 11) is 4.11. The minimum absolute atomic E-state index is 0.0102. The number of hydrogen-bond acceptors (Lipinski definition) is 7. The predicted octanol–water partition coefficient (Wildman–Crippen LogP) is 1.54. The van der Waals surface area contributed by atoms with Gasteiger partial charge in [-0.1, -0.05) is 12.1 Å². The predicted molar refractivity (Wildman–Crippen MR) is 108 cm³/mol. The number of hydrogen-bond donors (Lipinski definition) is 2.